The Hall–Kier alpha value is -4.34. The van der Waals surface area contributed by atoms with Gasteiger partial charge < -0.3 is 15.0 Å². The first kappa shape index (κ1) is 33.6. The van der Waals surface area contributed by atoms with Crippen LogP contribution >= 0.6 is 11.6 Å². The predicted octanol–water partition coefficient (Wildman–Crippen LogP) is 6.10. The molecule has 4 aromatic carbocycles. The maximum Gasteiger partial charge on any atom is 0.264 e. The van der Waals surface area contributed by atoms with Gasteiger partial charge in [0.2, 0.25) is 11.8 Å². The molecule has 0 aromatic heterocycles. The highest BCUT2D eigenvalue weighted by atomic mass is 35.5. The predicted molar refractivity (Wildman–Crippen MR) is 178 cm³/mol. The second-order valence-corrected chi connectivity index (χ2v) is 13.9. The first-order valence-electron chi connectivity index (χ1n) is 14.5. The fourth-order valence-corrected chi connectivity index (χ4v) is 6.52. The molecule has 45 heavy (non-hydrogen) atoms. The largest absolute Gasteiger partial charge is 0.495 e. The number of benzene rings is 4. The number of carbonyl (C=O) groups is 2. The zero-order chi connectivity index (χ0) is 32.6. The molecule has 0 bridgehead atoms. The molecule has 0 fully saturated rings. The normalized spacial score (nSPS) is 12.2. The molecule has 10 heteroatoms. The van der Waals surface area contributed by atoms with E-state index >= 15 is 0 Å². The summed E-state index contributed by atoms with van der Waals surface area (Å²) in [6.45, 7) is 5.11. The van der Waals surface area contributed by atoms with Crippen LogP contribution in [0.4, 0.5) is 5.69 Å². The number of hydrogen-bond donors (Lipinski definition) is 1. The van der Waals surface area contributed by atoms with Crippen LogP contribution in [0, 0.1) is 0 Å². The Bertz CT molecular complexity index is 1700. The molecule has 1 atom stereocenters. The van der Waals surface area contributed by atoms with Crippen LogP contribution in [0.2, 0.25) is 5.02 Å². The van der Waals surface area contributed by atoms with E-state index in [0.29, 0.717) is 5.75 Å². The summed E-state index contributed by atoms with van der Waals surface area (Å²) >= 11 is 6.43. The Kier molecular flexibility index (Phi) is 10.9. The zero-order valence-electron chi connectivity index (χ0n) is 25.8. The Morgan fingerprint density at radius 1 is 0.844 bits per heavy atom. The molecule has 0 radical (unpaired) electrons. The summed E-state index contributed by atoms with van der Waals surface area (Å²) in [5, 5.41) is 3.21. The van der Waals surface area contributed by atoms with Gasteiger partial charge in [-0.15, -0.1) is 0 Å². The van der Waals surface area contributed by atoms with Gasteiger partial charge in [-0.25, -0.2) is 8.42 Å². The number of nitrogens with one attached hydrogen (secondary N) is 1. The van der Waals surface area contributed by atoms with Crippen LogP contribution in [-0.4, -0.2) is 50.4 Å². The maximum atomic E-state index is 14.5. The van der Waals surface area contributed by atoms with Gasteiger partial charge in [-0.1, -0.05) is 90.5 Å². The lowest BCUT2D eigenvalue weighted by Crippen LogP contribution is -2.56. The van der Waals surface area contributed by atoms with E-state index in [1.54, 1.807) is 24.3 Å². The van der Waals surface area contributed by atoms with Crippen molar-refractivity contribution in [3.05, 3.63) is 125 Å². The van der Waals surface area contributed by atoms with Gasteiger partial charge >= 0.3 is 0 Å². The molecule has 8 nitrogen and oxygen atoms in total. The van der Waals surface area contributed by atoms with Crippen molar-refractivity contribution in [1.82, 2.24) is 10.2 Å². The summed E-state index contributed by atoms with van der Waals surface area (Å²) in [4.78, 5) is 29.9. The van der Waals surface area contributed by atoms with Crippen LogP contribution in [0.15, 0.2) is 114 Å². The van der Waals surface area contributed by atoms with Crippen LogP contribution in [0.25, 0.3) is 0 Å². The molecule has 1 unspecified atom stereocenters. The van der Waals surface area contributed by atoms with Crippen LogP contribution in [0.5, 0.6) is 5.75 Å². The SMILES string of the molecule is COc1ccc(N(CC(=O)N(Cc2ccccc2)C(Cc2ccccc2)C(=O)NC(C)(C)C)S(=O)(=O)c2ccccc2)cc1Cl. The van der Waals surface area contributed by atoms with Crippen molar-refractivity contribution >= 4 is 39.1 Å². The number of rotatable bonds is 12. The lowest BCUT2D eigenvalue weighted by atomic mass is 10.0. The number of nitrogens with zero attached hydrogens (tertiary/aromatic N) is 2. The first-order valence-corrected chi connectivity index (χ1v) is 16.3. The fraction of sp³-hybridized carbons (Fsp3) is 0.257. The summed E-state index contributed by atoms with van der Waals surface area (Å²) in [5.41, 5.74) is 1.25. The molecule has 0 heterocycles. The fourth-order valence-electron chi connectivity index (χ4n) is 4.85. The number of anilines is 1. The van der Waals surface area contributed by atoms with Crippen LogP contribution in [0.3, 0.4) is 0 Å². The monoisotopic (exact) mass is 647 g/mol. The molecule has 0 saturated heterocycles. The van der Waals surface area contributed by atoms with Crippen molar-refractivity contribution in [2.45, 2.75) is 50.2 Å². The van der Waals surface area contributed by atoms with Gasteiger partial charge in [-0.3, -0.25) is 13.9 Å². The molecule has 236 valence electrons. The van der Waals surface area contributed by atoms with Gasteiger partial charge in [-0.05, 0) is 62.2 Å². The second kappa shape index (κ2) is 14.6. The number of amides is 2. The summed E-state index contributed by atoms with van der Waals surface area (Å²) in [7, 11) is -2.78. The third-order valence-corrected chi connectivity index (χ3v) is 9.08. The van der Waals surface area contributed by atoms with Crippen molar-refractivity contribution in [2.24, 2.45) is 0 Å². The van der Waals surface area contributed by atoms with Crippen molar-refractivity contribution in [1.29, 1.82) is 0 Å². The number of halogens is 1. The summed E-state index contributed by atoms with van der Waals surface area (Å²) in [6, 6.07) is 30.2. The lowest BCUT2D eigenvalue weighted by Gasteiger charge is -2.35. The van der Waals surface area contributed by atoms with E-state index in [0.717, 1.165) is 15.4 Å². The Balaban J connectivity index is 1.82. The minimum Gasteiger partial charge on any atom is -0.495 e. The molecule has 4 aromatic rings. The minimum absolute atomic E-state index is 0.00524. The van der Waals surface area contributed by atoms with Crippen LogP contribution < -0.4 is 14.4 Å². The van der Waals surface area contributed by atoms with E-state index in [1.165, 1.54) is 36.3 Å². The zero-order valence-corrected chi connectivity index (χ0v) is 27.4. The quantitative estimate of drug-likeness (QED) is 0.201. The molecular formula is C35H38ClN3O5S. The highest BCUT2D eigenvalue weighted by Gasteiger charge is 2.35. The third kappa shape index (κ3) is 8.86. The molecule has 0 spiro atoms. The second-order valence-electron chi connectivity index (χ2n) is 11.6. The average Bonchev–Trinajstić information content (AvgIpc) is 3.02. The molecular weight excluding hydrogens is 610 g/mol. The number of ether oxygens (including phenoxy) is 1. The summed E-state index contributed by atoms with van der Waals surface area (Å²) < 4.78 is 34.5. The van der Waals surface area contributed by atoms with Gasteiger partial charge in [-0.2, -0.15) is 0 Å². The van der Waals surface area contributed by atoms with E-state index in [4.69, 9.17) is 16.3 Å². The van der Waals surface area contributed by atoms with E-state index in [9.17, 15) is 18.0 Å². The van der Waals surface area contributed by atoms with E-state index in [-0.39, 0.29) is 34.5 Å². The molecule has 0 aliphatic heterocycles. The van der Waals surface area contributed by atoms with E-state index < -0.39 is 34.1 Å². The van der Waals surface area contributed by atoms with Gasteiger partial charge in [0.25, 0.3) is 10.0 Å². The summed E-state index contributed by atoms with van der Waals surface area (Å²) in [6.07, 6.45) is 0.223. The number of hydrogen-bond acceptors (Lipinski definition) is 5. The van der Waals surface area contributed by atoms with Crippen LogP contribution in [-0.2, 0) is 32.6 Å². The number of sulfonamides is 1. The average molecular weight is 648 g/mol. The molecule has 0 aliphatic rings. The number of carbonyl (C=O) groups excluding carboxylic acids is 2. The van der Waals surface area contributed by atoms with Gasteiger partial charge in [0, 0.05) is 18.5 Å². The third-order valence-electron chi connectivity index (χ3n) is 7.00. The topological polar surface area (TPSA) is 96.0 Å². The van der Waals surface area contributed by atoms with Crippen molar-refractivity contribution in [3.63, 3.8) is 0 Å². The van der Waals surface area contributed by atoms with Crippen LogP contribution in [0.1, 0.15) is 31.9 Å². The first-order chi connectivity index (χ1) is 21.4. The van der Waals surface area contributed by atoms with E-state index in [2.05, 4.69) is 5.32 Å². The van der Waals surface area contributed by atoms with Crippen molar-refractivity contribution in [2.75, 3.05) is 18.0 Å². The minimum atomic E-state index is -4.24. The highest BCUT2D eigenvalue weighted by Crippen LogP contribution is 2.32. The van der Waals surface area contributed by atoms with Gasteiger partial charge in [0.05, 0.1) is 22.7 Å². The molecule has 1 N–H and O–H groups in total. The molecule has 4 rings (SSSR count). The molecule has 2 amide bonds. The van der Waals surface area contributed by atoms with Crippen molar-refractivity contribution in [3.8, 4) is 5.75 Å². The number of methoxy groups -OCH3 is 1. The molecule has 0 saturated carbocycles. The standard InChI is InChI=1S/C35H38ClN3O5S/c1-35(2,3)37-34(41)31(22-26-14-8-5-9-15-26)38(24-27-16-10-6-11-17-27)33(40)25-39(28-20-21-32(44-4)30(36)23-28)45(42,43)29-18-12-7-13-19-29/h5-21,23,31H,22,24-25H2,1-4H3,(H,37,41). The van der Waals surface area contributed by atoms with E-state index in [1.807, 2.05) is 81.4 Å². The smallest absolute Gasteiger partial charge is 0.264 e. The Labute approximate surface area is 270 Å². The Morgan fingerprint density at radius 2 is 1.40 bits per heavy atom. The maximum absolute atomic E-state index is 14.5. The van der Waals surface area contributed by atoms with Gasteiger partial charge in [0.1, 0.15) is 18.3 Å². The Morgan fingerprint density at radius 3 is 1.93 bits per heavy atom. The molecule has 0 aliphatic carbocycles. The lowest BCUT2D eigenvalue weighted by molar-refractivity contribution is -0.140. The van der Waals surface area contributed by atoms with Crippen molar-refractivity contribution < 1.29 is 22.7 Å². The van der Waals surface area contributed by atoms with Gasteiger partial charge in [0.15, 0.2) is 0 Å². The highest BCUT2D eigenvalue weighted by molar-refractivity contribution is 7.92. The summed E-state index contributed by atoms with van der Waals surface area (Å²) in [5.74, 6) is -0.549.